The molecule has 82 valence electrons. The van der Waals surface area contributed by atoms with E-state index in [1.165, 1.54) is 0 Å². The van der Waals surface area contributed by atoms with Crippen molar-refractivity contribution in [3.63, 3.8) is 0 Å². The van der Waals surface area contributed by atoms with Crippen LogP contribution in [0.25, 0.3) is 11.1 Å². The van der Waals surface area contributed by atoms with E-state index in [9.17, 15) is 0 Å². The van der Waals surface area contributed by atoms with Crippen LogP contribution in [-0.4, -0.2) is 10.5 Å². The van der Waals surface area contributed by atoms with Gasteiger partial charge in [0.2, 0.25) is 0 Å². The van der Waals surface area contributed by atoms with Crippen molar-refractivity contribution in [3.8, 4) is 22.6 Å². The highest BCUT2D eigenvalue weighted by molar-refractivity contribution is 5.64. The lowest BCUT2D eigenvalue weighted by Crippen LogP contribution is -1.85. The molecule has 0 aromatic heterocycles. The lowest BCUT2D eigenvalue weighted by Gasteiger charge is -2.03. The fourth-order valence-electron chi connectivity index (χ4n) is 1.42. The van der Waals surface area contributed by atoms with Crippen LogP contribution < -0.4 is 9.78 Å². The van der Waals surface area contributed by atoms with Crippen LogP contribution in [-0.2, 0) is 0 Å². The van der Waals surface area contributed by atoms with Gasteiger partial charge >= 0.3 is 0 Å². The minimum absolute atomic E-state index is 0.388. The summed E-state index contributed by atoms with van der Waals surface area (Å²) in [7, 11) is 0. The molecule has 0 atom stereocenters. The standard InChI is InChI=1S/C12H10O4/c13-15-11-5-1-9(2-6-11)10-3-7-12(16-14)8-4-10/h1-8,13-14H. The van der Waals surface area contributed by atoms with E-state index in [1.54, 1.807) is 24.3 Å². The van der Waals surface area contributed by atoms with E-state index in [2.05, 4.69) is 9.78 Å². The summed E-state index contributed by atoms with van der Waals surface area (Å²) in [6, 6.07) is 13.9. The first-order valence-corrected chi connectivity index (χ1v) is 4.67. The Kier molecular flexibility index (Phi) is 3.05. The van der Waals surface area contributed by atoms with Gasteiger partial charge in [0.15, 0.2) is 11.5 Å². The summed E-state index contributed by atoms with van der Waals surface area (Å²) in [5.41, 5.74) is 1.95. The predicted octanol–water partition coefficient (Wildman–Crippen LogP) is 3.06. The second-order valence-corrected chi connectivity index (χ2v) is 3.23. The maximum atomic E-state index is 8.42. The second kappa shape index (κ2) is 4.65. The van der Waals surface area contributed by atoms with E-state index < -0.39 is 0 Å². The Labute approximate surface area is 92.2 Å². The fourth-order valence-corrected chi connectivity index (χ4v) is 1.42. The Hall–Kier alpha value is -2.04. The molecule has 0 saturated heterocycles. The van der Waals surface area contributed by atoms with E-state index in [-0.39, 0.29) is 0 Å². The van der Waals surface area contributed by atoms with Gasteiger partial charge in [0.25, 0.3) is 0 Å². The zero-order chi connectivity index (χ0) is 11.4. The normalized spacial score (nSPS) is 9.88. The van der Waals surface area contributed by atoms with Gasteiger partial charge in [-0.3, -0.25) is 0 Å². The molecule has 0 radical (unpaired) electrons. The van der Waals surface area contributed by atoms with Crippen LogP contribution in [0, 0.1) is 0 Å². The van der Waals surface area contributed by atoms with Gasteiger partial charge < -0.3 is 9.78 Å². The first-order valence-electron chi connectivity index (χ1n) is 4.67. The quantitative estimate of drug-likeness (QED) is 0.614. The van der Waals surface area contributed by atoms with E-state index in [0.29, 0.717) is 11.5 Å². The molecule has 0 bridgehead atoms. The number of hydrogen-bond donors (Lipinski definition) is 2. The molecule has 16 heavy (non-hydrogen) atoms. The van der Waals surface area contributed by atoms with Crippen LogP contribution in [0.1, 0.15) is 0 Å². The maximum absolute atomic E-state index is 8.42. The highest BCUT2D eigenvalue weighted by atomic mass is 17.1. The second-order valence-electron chi connectivity index (χ2n) is 3.23. The lowest BCUT2D eigenvalue weighted by atomic mass is 10.1. The van der Waals surface area contributed by atoms with Crippen molar-refractivity contribution in [1.82, 2.24) is 0 Å². The zero-order valence-corrected chi connectivity index (χ0v) is 8.33. The molecule has 0 amide bonds. The SMILES string of the molecule is OOc1ccc(-c2ccc(OO)cc2)cc1. The number of benzene rings is 2. The van der Waals surface area contributed by atoms with Crippen molar-refractivity contribution in [1.29, 1.82) is 0 Å². The van der Waals surface area contributed by atoms with Crippen molar-refractivity contribution >= 4 is 0 Å². The topological polar surface area (TPSA) is 58.9 Å². The molecule has 4 heteroatoms. The smallest absolute Gasteiger partial charge is 0.165 e. The average molecular weight is 218 g/mol. The third-order valence-electron chi connectivity index (χ3n) is 2.25. The molecule has 2 N–H and O–H groups in total. The van der Waals surface area contributed by atoms with Crippen molar-refractivity contribution in [3.05, 3.63) is 48.5 Å². The van der Waals surface area contributed by atoms with Gasteiger partial charge in [-0.2, -0.15) is 0 Å². The molecule has 2 rings (SSSR count). The van der Waals surface area contributed by atoms with Crippen molar-refractivity contribution in [2.75, 3.05) is 0 Å². The molecule has 4 nitrogen and oxygen atoms in total. The van der Waals surface area contributed by atoms with E-state index in [4.69, 9.17) is 10.5 Å². The van der Waals surface area contributed by atoms with E-state index in [1.807, 2.05) is 24.3 Å². The molecule has 0 fully saturated rings. The summed E-state index contributed by atoms with van der Waals surface area (Å²) >= 11 is 0. The summed E-state index contributed by atoms with van der Waals surface area (Å²) in [6.45, 7) is 0. The summed E-state index contributed by atoms with van der Waals surface area (Å²) in [4.78, 5) is 8.18. The van der Waals surface area contributed by atoms with Crippen LogP contribution in [0.4, 0.5) is 0 Å². The van der Waals surface area contributed by atoms with Gasteiger partial charge in [-0.15, -0.1) is 0 Å². The Bertz CT molecular complexity index is 402. The minimum atomic E-state index is 0.388. The van der Waals surface area contributed by atoms with Crippen molar-refractivity contribution in [2.24, 2.45) is 0 Å². The van der Waals surface area contributed by atoms with Gasteiger partial charge in [0.1, 0.15) is 0 Å². The summed E-state index contributed by atoms with van der Waals surface area (Å²) in [6.07, 6.45) is 0. The molecular formula is C12H10O4. The monoisotopic (exact) mass is 218 g/mol. The summed E-state index contributed by atoms with van der Waals surface area (Å²) in [5.74, 6) is 0.776. The number of hydrogen-bond acceptors (Lipinski definition) is 4. The molecular weight excluding hydrogens is 208 g/mol. The molecule has 0 spiro atoms. The van der Waals surface area contributed by atoms with Crippen LogP contribution in [0.5, 0.6) is 11.5 Å². The van der Waals surface area contributed by atoms with Gasteiger partial charge in [-0.25, -0.2) is 10.5 Å². The Morgan fingerprint density at radius 2 is 0.875 bits per heavy atom. The third-order valence-corrected chi connectivity index (χ3v) is 2.25. The summed E-state index contributed by atoms with van der Waals surface area (Å²) in [5, 5.41) is 16.8. The molecule has 0 aliphatic heterocycles. The molecule has 0 saturated carbocycles. The molecule has 0 unspecified atom stereocenters. The first-order chi connectivity index (χ1) is 7.83. The Morgan fingerprint density at radius 1 is 0.562 bits per heavy atom. The first kappa shape index (κ1) is 10.5. The molecule has 0 aliphatic rings. The minimum Gasteiger partial charge on any atom is -0.340 e. The van der Waals surface area contributed by atoms with E-state index >= 15 is 0 Å². The predicted molar refractivity (Wildman–Crippen MR) is 58.4 cm³/mol. The van der Waals surface area contributed by atoms with Crippen molar-refractivity contribution < 1.29 is 20.3 Å². The Balaban J connectivity index is 2.28. The van der Waals surface area contributed by atoms with Crippen LogP contribution >= 0.6 is 0 Å². The molecule has 2 aromatic carbocycles. The van der Waals surface area contributed by atoms with Gasteiger partial charge in [-0.05, 0) is 35.4 Å². The van der Waals surface area contributed by atoms with Crippen LogP contribution in [0.3, 0.4) is 0 Å². The average Bonchev–Trinajstić information content (AvgIpc) is 2.39. The highest BCUT2D eigenvalue weighted by Crippen LogP contribution is 2.24. The molecule has 2 aromatic rings. The van der Waals surface area contributed by atoms with Crippen molar-refractivity contribution in [2.45, 2.75) is 0 Å². The van der Waals surface area contributed by atoms with Gasteiger partial charge in [-0.1, -0.05) is 24.3 Å². The van der Waals surface area contributed by atoms with Gasteiger partial charge in [0, 0.05) is 0 Å². The fraction of sp³-hybridized carbons (Fsp3) is 0. The summed E-state index contributed by atoms with van der Waals surface area (Å²) < 4.78 is 0. The van der Waals surface area contributed by atoms with Gasteiger partial charge in [0.05, 0.1) is 0 Å². The zero-order valence-electron chi connectivity index (χ0n) is 8.33. The van der Waals surface area contributed by atoms with E-state index in [0.717, 1.165) is 11.1 Å². The third kappa shape index (κ3) is 2.13. The molecule has 0 heterocycles. The van der Waals surface area contributed by atoms with Crippen LogP contribution in [0.15, 0.2) is 48.5 Å². The highest BCUT2D eigenvalue weighted by Gasteiger charge is 1.99. The number of rotatable bonds is 3. The maximum Gasteiger partial charge on any atom is 0.165 e. The van der Waals surface area contributed by atoms with Crippen LogP contribution in [0.2, 0.25) is 0 Å². The largest absolute Gasteiger partial charge is 0.340 e. The molecule has 0 aliphatic carbocycles. The lowest BCUT2D eigenvalue weighted by molar-refractivity contribution is -0.137. The Morgan fingerprint density at radius 3 is 1.12 bits per heavy atom.